The summed E-state index contributed by atoms with van der Waals surface area (Å²) in [5.41, 5.74) is -0.729. The zero-order valence-corrected chi connectivity index (χ0v) is 31.0. The number of carboxylic acid groups (broad SMARTS) is 1. The number of aliphatic carboxylic acids is 1. The molecule has 4 aromatic rings. The number of aromatic nitrogens is 2. The molecule has 3 aromatic carbocycles. The predicted octanol–water partition coefficient (Wildman–Crippen LogP) is 9.73. The Bertz CT molecular complexity index is 1880. The molecule has 1 aromatic heterocycles. The molecule has 0 saturated carbocycles. The SMILES string of the molecule is COc1cc(CN(Cc2cc(C(F)(F)F)cc(C(F)(F)F)c2)c2ncc(OCCCC(=O)O)cn2)c(-c2cc(C(C)(C)C)ccc2OC(C)C)cc1OC. The highest BCUT2D eigenvalue weighted by Gasteiger charge is 2.37. The summed E-state index contributed by atoms with van der Waals surface area (Å²) in [4.78, 5) is 21.0. The normalized spacial score (nSPS) is 12.1. The molecule has 4 rings (SSSR count). The van der Waals surface area contributed by atoms with Crippen molar-refractivity contribution in [3.63, 3.8) is 0 Å². The van der Waals surface area contributed by atoms with E-state index in [1.807, 2.05) is 52.8 Å². The second-order valence-corrected chi connectivity index (χ2v) is 13.8. The maximum Gasteiger partial charge on any atom is 0.416 e. The minimum absolute atomic E-state index is 0.0401. The Morgan fingerprint density at radius 3 is 1.89 bits per heavy atom. The van der Waals surface area contributed by atoms with E-state index in [2.05, 4.69) is 9.97 Å². The van der Waals surface area contributed by atoms with Crippen molar-refractivity contribution in [2.75, 3.05) is 25.7 Å². The van der Waals surface area contributed by atoms with Gasteiger partial charge in [0.1, 0.15) is 5.75 Å². The second kappa shape index (κ2) is 16.9. The Kier molecular flexibility index (Phi) is 13.0. The summed E-state index contributed by atoms with van der Waals surface area (Å²) in [5, 5.41) is 8.90. The molecule has 1 N–H and O–H groups in total. The highest BCUT2D eigenvalue weighted by molar-refractivity contribution is 5.77. The van der Waals surface area contributed by atoms with Crippen LogP contribution in [-0.2, 0) is 35.7 Å². The van der Waals surface area contributed by atoms with E-state index >= 15 is 0 Å². The van der Waals surface area contributed by atoms with Crippen LogP contribution in [-0.4, -0.2) is 48.0 Å². The van der Waals surface area contributed by atoms with Gasteiger partial charge in [0.2, 0.25) is 5.95 Å². The summed E-state index contributed by atoms with van der Waals surface area (Å²) in [6.45, 7) is 9.34. The molecule has 0 radical (unpaired) electrons. The minimum atomic E-state index is -5.06. The van der Waals surface area contributed by atoms with E-state index in [-0.39, 0.29) is 60.8 Å². The average Bonchev–Trinajstić information content (AvgIpc) is 3.08. The van der Waals surface area contributed by atoms with Gasteiger partial charge in [-0.25, -0.2) is 9.97 Å². The highest BCUT2D eigenvalue weighted by Crippen LogP contribution is 2.43. The fraction of sp³-hybridized carbons (Fsp3) is 0.410. The summed E-state index contributed by atoms with van der Waals surface area (Å²) in [5.74, 6) is 0.371. The number of rotatable bonds is 15. The van der Waals surface area contributed by atoms with E-state index in [4.69, 9.17) is 24.1 Å². The molecule has 0 bridgehead atoms. The van der Waals surface area contributed by atoms with Crippen molar-refractivity contribution in [3.05, 3.63) is 88.7 Å². The molecular weight excluding hydrogens is 720 g/mol. The van der Waals surface area contributed by atoms with Crippen LogP contribution in [0.25, 0.3) is 11.1 Å². The summed E-state index contributed by atoms with van der Waals surface area (Å²) >= 11 is 0. The lowest BCUT2D eigenvalue weighted by molar-refractivity contribution is -0.143. The summed E-state index contributed by atoms with van der Waals surface area (Å²) in [7, 11) is 2.90. The fourth-order valence-corrected chi connectivity index (χ4v) is 5.56. The highest BCUT2D eigenvalue weighted by atomic mass is 19.4. The van der Waals surface area contributed by atoms with Crippen molar-refractivity contribution < 1.29 is 55.2 Å². The van der Waals surface area contributed by atoms with E-state index in [0.717, 1.165) is 5.56 Å². The van der Waals surface area contributed by atoms with Gasteiger partial charge in [-0.3, -0.25) is 4.79 Å². The number of methoxy groups -OCH3 is 2. The van der Waals surface area contributed by atoms with E-state index < -0.39 is 36.0 Å². The van der Waals surface area contributed by atoms with Gasteiger partial charge in [-0.1, -0.05) is 26.8 Å². The van der Waals surface area contributed by atoms with Crippen molar-refractivity contribution in [2.24, 2.45) is 0 Å². The molecule has 0 saturated heterocycles. The molecule has 292 valence electrons. The Morgan fingerprint density at radius 2 is 1.37 bits per heavy atom. The first kappa shape index (κ1) is 41.5. The van der Waals surface area contributed by atoms with E-state index in [1.54, 1.807) is 12.1 Å². The van der Waals surface area contributed by atoms with Crippen molar-refractivity contribution >= 4 is 11.9 Å². The Morgan fingerprint density at radius 1 is 0.778 bits per heavy atom. The number of hydrogen-bond donors (Lipinski definition) is 1. The molecule has 15 heteroatoms. The van der Waals surface area contributed by atoms with E-state index in [1.165, 1.54) is 31.5 Å². The maximum absolute atomic E-state index is 13.9. The number of carboxylic acids is 1. The van der Waals surface area contributed by atoms with E-state index in [9.17, 15) is 31.1 Å². The summed E-state index contributed by atoms with van der Waals surface area (Å²) in [6, 6.07) is 10.6. The van der Waals surface area contributed by atoms with Crippen LogP contribution in [0, 0.1) is 0 Å². The first-order valence-electron chi connectivity index (χ1n) is 17.0. The fourth-order valence-electron chi connectivity index (χ4n) is 5.56. The zero-order valence-electron chi connectivity index (χ0n) is 31.0. The molecule has 1 heterocycles. The van der Waals surface area contributed by atoms with Crippen molar-refractivity contribution in [1.82, 2.24) is 9.97 Å². The molecule has 0 atom stereocenters. The predicted molar refractivity (Wildman–Crippen MR) is 190 cm³/mol. The van der Waals surface area contributed by atoms with Gasteiger partial charge in [-0.05, 0) is 90.4 Å². The standard InChI is InChI=1S/C39H43F6N3O6/c1-23(2)54-32-11-10-26(37(3,4)5)17-31(32)30-18-34(52-7)33(51-6)15-25(30)22-48(36-46-19-29(20-47-36)53-12-8-9-35(49)50)21-24-13-27(38(40,41)42)16-28(14-24)39(43,44)45/h10-11,13-20,23H,8-9,12,21-22H2,1-7H3,(H,49,50). The van der Waals surface area contributed by atoms with Crippen LogP contribution in [0.2, 0.25) is 0 Å². The average molecular weight is 764 g/mol. The lowest BCUT2D eigenvalue weighted by Crippen LogP contribution is -2.25. The third kappa shape index (κ3) is 10.9. The Labute approximate surface area is 309 Å². The van der Waals surface area contributed by atoms with Gasteiger partial charge in [0.05, 0.1) is 50.5 Å². The number of alkyl halides is 6. The van der Waals surface area contributed by atoms with Gasteiger partial charge in [0, 0.05) is 25.1 Å². The zero-order chi connectivity index (χ0) is 40.0. The number of ether oxygens (including phenoxy) is 4. The van der Waals surface area contributed by atoms with Crippen molar-refractivity contribution in [3.8, 4) is 34.1 Å². The number of carbonyl (C=O) groups is 1. The molecule has 0 spiro atoms. The molecule has 0 aliphatic carbocycles. The molecule has 0 unspecified atom stereocenters. The molecular formula is C39H43F6N3O6. The lowest BCUT2D eigenvalue weighted by Gasteiger charge is -2.27. The van der Waals surface area contributed by atoms with Gasteiger partial charge in [0.25, 0.3) is 0 Å². The van der Waals surface area contributed by atoms with Crippen LogP contribution >= 0.6 is 0 Å². The number of anilines is 1. The third-order valence-electron chi connectivity index (χ3n) is 8.19. The third-order valence-corrected chi connectivity index (χ3v) is 8.19. The first-order chi connectivity index (χ1) is 25.2. The molecule has 54 heavy (non-hydrogen) atoms. The number of benzene rings is 3. The summed E-state index contributed by atoms with van der Waals surface area (Å²) < 4.78 is 107. The molecule has 0 aliphatic heterocycles. The summed E-state index contributed by atoms with van der Waals surface area (Å²) in [6.07, 6.45) is -7.66. The maximum atomic E-state index is 13.9. The first-order valence-corrected chi connectivity index (χ1v) is 17.0. The number of nitrogens with zero attached hydrogens (tertiary/aromatic N) is 3. The number of halogens is 6. The van der Waals surface area contributed by atoms with Crippen LogP contribution in [0.1, 0.15) is 75.3 Å². The van der Waals surface area contributed by atoms with Crippen molar-refractivity contribution in [2.45, 2.75) is 84.4 Å². The largest absolute Gasteiger partial charge is 0.493 e. The topological polar surface area (TPSA) is 103 Å². The second-order valence-electron chi connectivity index (χ2n) is 13.8. The van der Waals surface area contributed by atoms with E-state index in [0.29, 0.717) is 46.1 Å². The van der Waals surface area contributed by atoms with Gasteiger partial charge in [-0.15, -0.1) is 0 Å². The molecule has 9 nitrogen and oxygen atoms in total. The van der Waals surface area contributed by atoms with Gasteiger partial charge in [-0.2, -0.15) is 26.3 Å². The van der Waals surface area contributed by atoms with Gasteiger partial charge < -0.3 is 29.0 Å². The molecule has 0 fully saturated rings. The quantitative estimate of drug-likeness (QED) is 0.0937. The number of hydrogen-bond acceptors (Lipinski definition) is 8. The van der Waals surface area contributed by atoms with Gasteiger partial charge in [0.15, 0.2) is 17.2 Å². The van der Waals surface area contributed by atoms with Crippen LogP contribution in [0.5, 0.6) is 23.0 Å². The van der Waals surface area contributed by atoms with Crippen LogP contribution in [0.3, 0.4) is 0 Å². The van der Waals surface area contributed by atoms with Crippen LogP contribution < -0.4 is 23.8 Å². The van der Waals surface area contributed by atoms with Crippen molar-refractivity contribution in [1.29, 1.82) is 0 Å². The molecule has 0 aliphatic rings. The van der Waals surface area contributed by atoms with Crippen LogP contribution in [0.4, 0.5) is 32.3 Å². The lowest BCUT2D eigenvalue weighted by atomic mass is 9.84. The minimum Gasteiger partial charge on any atom is -0.493 e. The smallest absolute Gasteiger partial charge is 0.416 e. The Hall–Kier alpha value is -5.21. The van der Waals surface area contributed by atoms with Gasteiger partial charge >= 0.3 is 18.3 Å². The Balaban J connectivity index is 1.92. The monoisotopic (exact) mass is 763 g/mol. The van der Waals surface area contributed by atoms with Crippen LogP contribution in [0.15, 0.2) is 60.9 Å². The molecule has 0 amide bonds.